The molecular weight excluding hydrogens is 272 g/mol. The van der Waals surface area contributed by atoms with Gasteiger partial charge in [0.05, 0.1) is 18.5 Å². The maximum Gasteiger partial charge on any atom is 0.239 e. The summed E-state index contributed by atoms with van der Waals surface area (Å²) in [4.78, 5) is 18.0. The van der Waals surface area contributed by atoms with Crippen LogP contribution in [-0.4, -0.2) is 40.4 Å². The van der Waals surface area contributed by atoms with Crippen LogP contribution in [0.25, 0.3) is 0 Å². The van der Waals surface area contributed by atoms with Crippen LogP contribution < -0.4 is 5.73 Å². The largest absolute Gasteiger partial charge is 0.336 e. The number of amides is 1. The molecule has 0 spiro atoms. The van der Waals surface area contributed by atoms with E-state index in [1.807, 2.05) is 18.4 Å². The summed E-state index contributed by atoms with van der Waals surface area (Å²) in [5.74, 6) is 0.754. The Balaban J connectivity index is 2.68. The lowest BCUT2D eigenvalue weighted by atomic mass is 10.2. The summed E-state index contributed by atoms with van der Waals surface area (Å²) in [6.07, 6.45) is 6.35. The first-order valence-corrected chi connectivity index (χ1v) is 7.87. The van der Waals surface area contributed by atoms with E-state index in [2.05, 4.69) is 11.1 Å². The van der Waals surface area contributed by atoms with Crippen LogP contribution in [-0.2, 0) is 11.3 Å². The molecule has 1 rings (SSSR count). The quantitative estimate of drug-likeness (QED) is 0.783. The Hall–Kier alpha value is -1.58. The zero-order valence-electron chi connectivity index (χ0n) is 11.7. The first-order chi connectivity index (χ1) is 9.69. The SMILES string of the molecule is CSCC[C@@H](N)C(=O)N(CCC#N)Cc1cccnc1. The highest BCUT2D eigenvalue weighted by molar-refractivity contribution is 7.98. The molecule has 1 heterocycles. The van der Waals surface area contributed by atoms with Crippen LogP contribution >= 0.6 is 11.8 Å². The average molecular weight is 292 g/mol. The van der Waals surface area contributed by atoms with Crippen LogP contribution in [0.1, 0.15) is 18.4 Å². The zero-order chi connectivity index (χ0) is 14.8. The number of nitrogens with zero attached hydrogens (tertiary/aromatic N) is 3. The van der Waals surface area contributed by atoms with Crippen molar-refractivity contribution in [3.05, 3.63) is 30.1 Å². The number of thioether (sulfide) groups is 1. The number of nitriles is 1. The van der Waals surface area contributed by atoms with Gasteiger partial charge in [-0.05, 0) is 30.1 Å². The first kappa shape index (κ1) is 16.5. The van der Waals surface area contributed by atoms with Gasteiger partial charge in [0.2, 0.25) is 5.91 Å². The number of carbonyl (C=O) groups excluding carboxylic acids is 1. The summed E-state index contributed by atoms with van der Waals surface area (Å²) >= 11 is 1.67. The Morgan fingerprint density at radius 1 is 1.65 bits per heavy atom. The Morgan fingerprint density at radius 2 is 2.45 bits per heavy atom. The van der Waals surface area contributed by atoms with Crippen LogP contribution in [0.5, 0.6) is 0 Å². The summed E-state index contributed by atoms with van der Waals surface area (Å²) in [6, 6.07) is 5.30. The van der Waals surface area contributed by atoms with Gasteiger partial charge in [0.1, 0.15) is 0 Å². The van der Waals surface area contributed by atoms with E-state index in [1.165, 1.54) is 0 Å². The van der Waals surface area contributed by atoms with Crippen molar-refractivity contribution in [1.29, 1.82) is 5.26 Å². The number of rotatable bonds is 8. The van der Waals surface area contributed by atoms with Crippen LogP contribution in [0, 0.1) is 11.3 Å². The Kier molecular flexibility index (Phi) is 7.70. The fraction of sp³-hybridized carbons (Fsp3) is 0.500. The van der Waals surface area contributed by atoms with Gasteiger partial charge in [-0.15, -0.1) is 0 Å². The second kappa shape index (κ2) is 9.34. The maximum absolute atomic E-state index is 12.3. The summed E-state index contributed by atoms with van der Waals surface area (Å²) in [7, 11) is 0. The normalized spacial score (nSPS) is 11.7. The molecule has 0 aromatic carbocycles. The molecule has 1 aromatic heterocycles. The number of nitrogens with two attached hydrogens (primary N) is 1. The van der Waals surface area contributed by atoms with Crippen molar-refractivity contribution in [3.63, 3.8) is 0 Å². The third kappa shape index (κ3) is 5.59. The van der Waals surface area contributed by atoms with E-state index in [1.54, 1.807) is 29.1 Å². The minimum atomic E-state index is -0.502. The minimum Gasteiger partial charge on any atom is -0.336 e. The molecule has 20 heavy (non-hydrogen) atoms. The fourth-order valence-electron chi connectivity index (χ4n) is 1.77. The topological polar surface area (TPSA) is 83.0 Å². The smallest absolute Gasteiger partial charge is 0.239 e. The molecule has 5 nitrogen and oxygen atoms in total. The van der Waals surface area contributed by atoms with Gasteiger partial charge in [0, 0.05) is 25.5 Å². The predicted molar refractivity (Wildman–Crippen MR) is 80.9 cm³/mol. The molecule has 0 aliphatic heterocycles. The Morgan fingerprint density at radius 3 is 3.05 bits per heavy atom. The molecular formula is C14H20N4OS. The van der Waals surface area contributed by atoms with Crippen LogP contribution in [0.15, 0.2) is 24.5 Å². The van der Waals surface area contributed by atoms with Crippen molar-refractivity contribution in [1.82, 2.24) is 9.88 Å². The first-order valence-electron chi connectivity index (χ1n) is 6.48. The molecule has 1 amide bonds. The van der Waals surface area contributed by atoms with Gasteiger partial charge >= 0.3 is 0 Å². The molecule has 0 radical (unpaired) electrons. The van der Waals surface area contributed by atoms with E-state index in [0.717, 1.165) is 11.3 Å². The molecule has 108 valence electrons. The lowest BCUT2D eigenvalue weighted by Crippen LogP contribution is -2.44. The maximum atomic E-state index is 12.3. The number of aromatic nitrogens is 1. The fourth-order valence-corrected chi connectivity index (χ4v) is 2.26. The third-order valence-corrected chi connectivity index (χ3v) is 3.50. The molecule has 0 fully saturated rings. The third-order valence-electron chi connectivity index (χ3n) is 2.85. The predicted octanol–water partition coefficient (Wildman–Crippen LogP) is 1.40. The second-order valence-electron chi connectivity index (χ2n) is 4.42. The van der Waals surface area contributed by atoms with E-state index in [0.29, 0.717) is 25.9 Å². The zero-order valence-corrected chi connectivity index (χ0v) is 12.5. The van der Waals surface area contributed by atoms with E-state index in [9.17, 15) is 4.79 Å². The number of carbonyl (C=O) groups is 1. The lowest BCUT2D eigenvalue weighted by molar-refractivity contribution is -0.133. The number of hydrogen-bond acceptors (Lipinski definition) is 5. The molecule has 0 saturated heterocycles. The lowest BCUT2D eigenvalue weighted by Gasteiger charge is -2.25. The second-order valence-corrected chi connectivity index (χ2v) is 5.40. The van der Waals surface area contributed by atoms with Gasteiger partial charge in [-0.2, -0.15) is 17.0 Å². The van der Waals surface area contributed by atoms with Gasteiger partial charge in [-0.25, -0.2) is 0 Å². The van der Waals surface area contributed by atoms with Crippen molar-refractivity contribution in [2.24, 2.45) is 5.73 Å². The molecule has 0 aliphatic rings. The van der Waals surface area contributed by atoms with E-state index < -0.39 is 6.04 Å². The van der Waals surface area contributed by atoms with Crippen LogP contribution in [0.4, 0.5) is 0 Å². The van der Waals surface area contributed by atoms with Gasteiger partial charge in [-0.3, -0.25) is 9.78 Å². The van der Waals surface area contributed by atoms with Crippen LogP contribution in [0.3, 0.4) is 0 Å². The Labute approximate surface area is 124 Å². The van der Waals surface area contributed by atoms with E-state index >= 15 is 0 Å². The van der Waals surface area contributed by atoms with Gasteiger partial charge in [0.25, 0.3) is 0 Å². The molecule has 0 bridgehead atoms. The Bertz CT molecular complexity index is 446. The van der Waals surface area contributed by atoms with Crippen molar-refractivity contribution in [3.8, 4) is 6.07 Å². The van der Waals surface area contributed by atoms with Gasteiger partial charge in [0.15, 0.2) is 0 Å². The van der Waals surface area contributed by atoms with Crippen molar-refractivity contribution < 1.29 is 4.79 Å². The summed E-state index contributed by atoms with van der Waals surface area (Å²) in [6.45, 7) is 0.846. The number of hydrogen-bond donors (Lipinski definition) is 1. The highest BCUT2D eigenvalue weighted by Crippen LogP contribution is 2.08. The summed E-state index contributed by atoms with van der Waals surface area (Å²) in [5.41, 5.74) is 6.87. The van der Waals surface area contributed by atoms with E-state index in [4.69, 9.17) is 11.0 Å². The highest BCUT2D eigenvalue weighted by atomic mass is 32.2. The monoisotopic (exact) mass is 292 g/mol. The van der Waals surface area contributed by atoms with Crippen molar-refractivity contribution in [2.45, 2.75) is 25.4 Å². The highest BCUT2D eigenvalue weighted by Gasteiger charge is 2.20. The summed E-state index contributed by atoms with van der Waals surface area (Å²) < 4.78 is 0. The molecule has 1 aromatic rings. The standard InChI is InChI=1S/C14H20N4OS/c1-20-9-5-13(16)14(19)18(8-3-6-15)11-12-4-2-7-17-10-12/h2,4,7,10,13H,3,5,8-9,11,16H2,1H3/t13-/m1/s1. The molecule has 1 atom stereocenters. The minimum absolute atomic E-state index is 0.0989. The number of pyridine rings is 1. The van der Waals surface area contributed by atoms with Gasteiger partial charge < -0.3 is 10.6 Å². The molecule has 6 heteroatoms. The van der Waals surface area contributed by atoms with E-state index in [-0.39, 0.29) is 5.91 Å². The summed E-state index contributed by atoms with van der Waals surface area (Å²) in [5, 5.41) is 8.71. The molecule has 0 aliphatic carbocycles. The molecule has 0 saturated carbocycles. The van der Waals surface area contributed by atoms with Crippen LogP contribution in [0.2, 0.25) is 0 Å². The average Bonchev–Trinajstić information content (AvgIpc) is 2.49. The van der Waals surface area contributed by atoms with Gasteiger partial charge in [-0.1, -0.05) is 6.07 Å². The van der Waals surface area contributed by atoms with Crippen molar-refractivity contribution in [2.75, 3.05) is 18.6 Å². The van der Waals surface area contributed by atoms with Crippen molar-refractivity contribution >= 4 is 17.7 Å². The molecule has 2 N–H and O–H groups in total. The molecule has 0 unspecified atom stereocenters.